The van der Waals surface area contributed by atoms with Gasteiger partial charge in [-0.05, 0) is 69.9 Å². The Morgan fingerprint density at radius 3 is 2.11 bits per heavy atom. The van der Waals surface area contributed by atoms with Gasteiger partial charge in [-0.3, -0.25) is 4.99 Å². The first kappa shape index (κ1) is 24.0. The van der Waals surface area contributed by atoms with E-state index in [2.05, 4.69) is 27.3 Å². The second-order valence-electron chi connectivity index (χ2n) is 6.79. The van der Waals surface area contributed by atoms with Crippen LogP contribution in [0.4, 0.5) is 5.69 Å². The summed E-state index contributed by atoms with van der Waals surface area (Å²) in [7, 11) is 5.72. The van der Waals surface area contributed by atoms with Crippen molar-refractivity contribution in [3.05, 3.63) is 54.1 Å². The van der Waals surface area contributed by atoms with Gasteiger partial charge in [0, 0.05) is 5.69 Å². The quantitative estimate of drug-likeness (QED) is 0.326. The second kappa shape index (κ2) is 11.8. The summed E-state index contributed by atoms with van der Waals surface area (Å²) in [5.74, 6) is 2.05. The molecule has 1 unspecified atom stereocenters. The van der Waals surface area contributed by atoms with Crippen molar-refractivity contribution in [2.45, 2.75) is 26.0 Å². The van der Waals surface area contributed by atoms with E-state index in [1.807, 2.05) is 64.3 Å². The Morgan fingerprint density at radius 2 is 1.61 bits per heavy atom. The van der Waals surface area contributed by atoms with Gasteiger partial charge in [-0.1, -0.05) is 12.1 Å². The summed E-state index contributed by atoms with van der Waals surface area (Å²) >= 11 is 0. The Bertz CT molecular complexity index is 731. The number of aliphatic imine (C=N–C) groups is 1. The molecule has 3 N–H and O–H groups in total. The van der Waals surface area contributed by atoms with Crippen molar-refractivity contribution < 1.29 is 9.47 Å². The largest absolute Gasteiger partial charge is 0.497 e. The van der Waals surface area contributed by atoms with E-state index >= 15 is 0 Å². The fraction of sp³-hybridized carbons (Fsp3) is 0.381. The van der Waals surface area contributed by atoms with Crippen molar-refractivity contribution in [3.8, 4) is 11.5 Å². The number of hydrogen-bond donors (Lipinski definition) is 2. The minimum Gasteiger partial charge on any atom is -0.497 e. The summed E-state index contributed by atoms with van der Waals surface area (Å²) < 4.78 is 10.9. The Morgan fingerprint density at radius 1 is 1.04 bits per heavy atom. The third-order valence-electron chi connectivity index (χ3n) is 4.06. The van der Waals surface area contributed by atoms with Crippen LogP contribution in [0.3, 0.4) is 0 Å². The van der Waals surface area contributed by atoms with Gasteiger partial charge < -0.3 is 25.4 Å². The second-order valence-corrected chi connectivity index (χ2v) is 6.79. The molecule has 0 aliphatic rings. The highest BCUT2D eigenvalue weighted by atomic mass is 127. The van der Waals surface area contributed by atoms with Crippen LogP contribution in [0, 0.1) is 0 Å². The van der Waals surface area contributed by atoms with Crippen LogP contribution in [0.5, 0.6) is 11.5 Å². The molecule has 0 heterocycles. The molecule has 28 heavy (non-hydrogen) atoms. The summed E-state index contributed by atoms with van der Waals surface area (Å²) in [5.41, 5.74) is 8.10. The van der Waals surface area contributed by atoms with Crippen LogP contribution in [0.15, 0.2) is 53.5 Å². The number of nitrogens with two attached hydrogens (primary N) is 1. The minimum absolute atomic E-state index is 0. The molecule has 2 aromatic carbocycles. The highest BCUT2D eigenvalue weighted by Gasteiger charge is 2.14. The fourth-order valence-corrected chi connectivity index (χ4v) is 2.65. The molecule has 6 nitrogen and oxygen atoms in total. The van der Waals surface area contributed by atoms with Crippen LogP contribution in [0.2, 0.25) is 0 Å². The summed E-state index contributed by atoms with van der Waals surface area (Å²) in [5, 5.41) is 3.12. The molecule has 0 saturated carbocycles. The fourth-order valence-electron chi connectivity index (χ4n) is 2.65. The van der Waals surface area contributed by atoms with E-state index in [9.17, 15) is 0 Å². The Labute approximate surface area is 185 Å². The first-order valence-electron chi connectivity index (χ1n) is 9.03. The number of nitrogens with one attached hydrogen (secondary N) is 1. The molecule has 0 fully saturated rings. The van der Waals surface area contributed by atoms with Gasteiger partial charge in [0.15, 0.2) is 5.96 Å². The van der Waals surface area contributed by atoms with E-state index in [1.54, 1.807) is 7.11 Å². The summed E-state index contributed by atoms with van der Waals surface area (Å²) in [6.45, 7) is 4.55. The Hall–Kier alpha value is -2.00. The van der Waals surface area contributed by atoms with Crippen LogP contribution in [0.1, 0.15) is 25.5 Å². The molecule has 0 aromatic heterocycles. The van der Waals surface area contributed by atoms with E-state index in [1.165, 1.54) is 0 Å². The molecule has 7 heteroatoms. The highest BCUT2D eigenvalue weighted by molar-refractivity contribution is 14.0. The SMILES string of the molecule is COc1ccc(C(CN=C(N)Nc2ccc(OC(C)C)cc2)N(C)C)cc1.I. The molecule has 1 atom stereocenters. The molecule has 2 rings (SSSR count). The number of ether oxygens (including phenoxy) is 2. The maximum atomic E-state index is 6.07. The summed E-state index contributed by atoms with van der Waals surface area (Å²) in [6, 6.07) is 15.8. The molecule has 154 valence electrons. The van der Waals surface area contributed by atoms with Crippen molar-refractivity contribution >= 4 is 35.6 Å². The van der Waals surface area contributed by atoms with Crippen molar-refractivity contribution in [1.29, 1.82) is 0 Å². The van der Waals surface area contributed by atoms with Crippen molar-refractivity contribution in [2.75, 3.05) is 33.1 Å². The Kier molecular flexibility index (Phi) is 10.1. The molecule has 0 aliphatic carbocycles. The number of likely N-dealkylation sites (N-methyl/N-ethyl adjacent to an activating group) is 1. The first-order valence-corrected chi connectivity index (χ1v) is 9.03. The van der Waals surface area contributed by atoms with Gasteiger partial charge in [-0.25, -0.2) is 0 Å². The zero-order valence-corrected chi connectivity index (χ0v) is 19.5. The molecule has 0 spiro atoms. The average molecular weight is 498 g/mol. The maximum absolute atomic E-state index is 6.07. The predicted octanol–water partition coefficient (Wildman–Crippen LogP) is 4.13. The highest BCUT2D eigenvalue weighted by Crippen LogP contribution is 2.22. The number of methoxy groups -OCH3 is 1. The van der Waals surface area contributed by atoms with Gasteiger partial charge in [0.2, 0.25) is 0 Å². The number of anilines is 1. The molecule has 0 bridgehead atoms. The number of rotatable bonds is 8. The number of nitrogens with zero attached hydrogens (tertiary/aromatic N) is 2. The third kappa shape index (κ3) is 7.55. The summed E-state index contributed by atoms with van der Waals surface area (Å²) in [6.07, 6.45) is 0.149. The third-order valence-corrected chi connectivity index (χ3v) is 4.06. The number of halogens is 1. The smallest absolute Gasteiger partial charge is 0.193 e. The minimum atomic E-state index is 0. The van der Waals surface area contributed by atoms with Crippen molar-refractivity contribution in [3.63, 3.8) is 0 Å². The molecule has 0 aliphatic heterocycles. The van der Waals surface area contributed by atoms with E-state index in [0.717, 1.165) is 22.7 Å². The topological polar surface area (TPSA) is 72.1 Å². The first-order chi connectivity index (χ1) is 12.9. The van der Waals surface area contributed by atoms with Crippen LogP contribution in [0.25, 0.3) is 0 Å². The van der Waals surface area contributed by atoms with E-state index in [-0.39, 0.29) is 36.1 Å². The zero-order valence-electron chi connectivity index (χ0n) is 17.2. The predicted molar refractivity (Wildman–Crippen MR) is 127 cm³/mol. The summed E-state index contributed by atoms with van der Waals surface area (Å²) in [4.78, 5) is 6.63. The lowest BCUT2D eigenvalue weighted by atomic mass is 10.1. The normalized spacial score (nSPS) is 12.5. The van der Waals surface area contributed by atoms with Gasteiger partial charge in [0.05, 0.1) is 25.8 Å². The number of benzene rings is 2. The molecular weight excluding hydrogens is 467 g/mol. The molecule has 0 saturated heterocycles. The van der Waals surface area contributed by atoms with Gasteiger partial charge >= 0.3 is 0 Å². The molecule has 0 amide bonds. The van der Waals surface area contributed by atoms with Gasteiger partial charge in [0.25, 0.3) is 0 Å². The Balaban J connectivity index is 0.00000392. The van der Waals surface area contributed by atoms with Crippen molar-refractivity contribution in [2.24, 2.45) is 10.7 Å². The maximum Gasteiger partial charge on any atom is 0.193 e. The van der Waals surface area contributed by atoms with E-state index in [0.29, 0.717) is 12.5 Å². The van der Waals surface area contributed by atoms with Crippen molar-refractivity contribution in [1.82, 2.24) is 4.90 Å². The monoisotopic (exact) mass is 498 g/mol. The number of guanidine groups is 1. The van der Waals surface area contributed by atoms with Crippen LogP contribution in [-0.2, 0) is 0 Å². The van der Waals surface area contributed by atoms with Crippen LogP contribution >= 0.6 is 24.0 Å². The molecule has 0 radical (unpaired) electrons. The molecule has 2 aromatic rings. The van der Waals surface area contributed by atoms with Crippen LogP contribution < -0.4 is 20.5 Å². The van der Waals surface area contributed by atoms with Gasteiger partial charge in [-0.2, -0.15) is 0 Å². The zero-order chi connectivity index (χ0) is 19.8. The lowest BCUT2D eigenvalue weighted by Crippen LogP contribution is -2.27. The van der Waals surface area contributed by atoms with E-state index in [4.69, 9.17) is 15.2 Å². The average Bonchev–Trinajstić information content (AvgIpc) is 2.63. The lowest BCUT2D eigenvalue weighted by molar-refractivity contribution is 0.242. The number of hydrogen-bond acceptors (Lipinski definition) is 4. The lowest BCUT2D eigenvalue weighted by Gasteiger charge is -2.23. The molecular formula is C21H31IN4O2. The van der Waals surface area contributed by atoms with Gasteiger partial charge in [-0.15, -0.1) is 24.0 Å². The standard InChI is InChI=1S/C21H30N4O2.HI/c1-15(2)27-19-12-8-17(9-13-19)24-21(22)23-14-20(25(3)4)16-6-10-18(26-5)11-7-16;/h6-13,15,20H,14H2,1-5H3,(H3,22,23,24);1H. The van der Waals surface area contributed by atoms with Crippen LogP contribution in [-0.4, -0.2) is 44.7 Å². The van der Waals surface area contributed by atoms with Gasteiger partial charge in [0.1, 0.15) is 11.5 Å². The van der Waals surface area contributed by atoms with E-state index < -0.39 is 0 Å².